The van der Waals surface area contributed by atoms with Gasteiger partial charge >= 0.3 is 5.51 Å². The van der Waals surface area contributed by atoms with Crippen molar-refractivity contribution >= 4 is 83.6 Å². The van der Waals surface area contributed by atoms with Crippen molar-refractivity contribution in [3.05, 3.63) is 149 Å². The van der Waals surface area contributed by atoms with Gasteiger partial charge in [0.1, 0.15) is 10.9 Å². The Labute approximate surface area is 487 Å². The molecule has 22 heteroatoms. The molecule has 11 rings (SSSR count). The zero-order valence-electron chi connectivity index (χ0n) is 45.8. The monoisotopic (exact) mass is 1200 g/mol. The van der Waals surface area contributed by atoms with Crippen LogP contribution in [-0.2, 0) is 36.0 Å². The summed E-state index contributed by atoms with van der Waals surface area (Å²) >= 11 is 7.66. The maximum Gasteiger partial charge on any atom is 0.501 e. The lowest BCUT2D eigenvalue weighted by molar-refractivity contribution is -0.133. The summed E-state index contributed by atoms with van der Waals surface area (Å²) in [7, 11) is -11.0. The number of carbonyl (C=O) groups excluding carboxylic acids is 3. The summed E-state index contributed by atoms with van der Waals surface area (Å²) in [5.41, 5.74) is 0.759. The van der Waals surface area contributed by atoms with Crippen LogP contribution in [0.1, 0.15) is 80.3 Å². The topological polar surface area (TPSA) is 181 Å². The Morgan fingerprint density at radius 2 is 1.52 bits per heavy atom. The van der Waals surface area contributed by atoms with Crippen molar-refractivity contribution in [1.82, 2.24) is 24.7 Å². The van der Waals surface area contributed by atoms with Crippen molar-refractivity contribution in [1.29, 1.82) is 0 Å². The van der Waals surface area contributed by atoms with E-state index >= 15 is 0 Å². The molecule has 5 aromatic carbocycles. The number of carbonyl (C=O) groups is 3. The smallest absolute Gasteiger partial charge is 0.380 e. The molecule has 0 spiro atoms. The van der Waals surface area contributed by atoms with Crippen LogP contribution in [0.3, 0.4) is 0 Å². The normalized spacial score (nSPS) is 21.3. The van der Waals surface area contributed by atoms with Crippen LogP contribution >= 0.6 is 23.4 Å². The Hall–Kier alpha value is -5.94. The van der Waals surface area contributed by atoms with Gasteiger partial charge in [0.05, 0.1) is 10.6 Å². The molecule has 4 atom stereocenters. The molecule has 0 aromatic heterocycles. The molecule has 5 saturated heterocycles. The van der Waals surface area contributed by atoms with Crippen LogP contribution in [0.5, 0.6) is 0 Å². The van der Waals surface area contributed by atoms with E-state index in [1.165, 1.54) is 40.6 Å². The molecule has 436 valence electrons. The third-order valence-electron chi connectivity index (χ3n) is 16.4. The van der Waals surface area contributed by atoms with Crippen molar-refractivity contribution in [3.63, 3.8) is 0 Å². The summed E-state index contributed by atoms with van der Waals surface area (Å²) < 4.78 is 99.8. The highest BCUT2D eigenvalue weighted by Crippen LogP contribution is 2.43. The number of piperidine rings is 2. The van der Waals surface area contributed by atoms with E-state index < -0.39 is 58.8 Å². The number of allylic oxidation sites excluding steroid dienone is 1. The first-order valence-corrected chi connectivity index (χ1v) is 32.1. The molecular formula is C60H68ClF3N8O7S3. The molecule has 0 radical (unpaired) electrons. The summed E-state index contributed by atoms with van der Waals surface area (Å²) in [5, 5.41) is 9.35. The maximum absolute atomic E-state index is 14.5. The van der Waals surface area contributed by atoms with Crippen LogP contribution < -0.4 is 25.6 Å². The van der Waals surface area contributed by atoms with E-state index in [-0.39, 0.29) is 41.3 Å². The molecule has 6 aliphatic rings. The number of halogens is 4. The molecule has 5 fully saturated rings. The molecule has 2 bridgehead atoms. The zero-order chi connectivity index (χ0) is 58.0. The van der Waals surface area contributed by atoms with Crippen molar-refractivity contribution in [3.8, 4) is 0 Å². The number of alkyl halides is 3. The second kappa shape index (κ2) is 24.7. The van der Waals surface area contributed by atoms with Gasteiger partial charge in [0, 0.05) is 116 Å². The van der Waals surface area contributed by atoms with Gasteiger partial charge in [-0.25, -0.2) is 21.6 Å². The summed E-state index contributed by atoms with van der Waals surface area (Å²) in [6.07, 6.45) is 5.27. The summed E-state index contributed by atoms with van der Waals surface area (Å²) in [6, 6.07) is 33.7. The van der Waals surface area contributed by atoms with Crippen LogP contribution in [0, 0.1) is 5.41 Å². The van der Waals surface area contributed by atoms with Gasteiger partial charge in [-0.05, 0) is 140 Å². The number of piperazine rings is 2. The van der Waals surface area contributed by atoms with Crippen LogP contribution in [-0.4, -0.2) is 137 Å². The highest BCUT2D eigenvalue weighted by atomic mass is 35.5. The highest BCUT2D eigenvalue weighted by molar-refractivity contribution is 7.99. The Morgan fingerprint density at radius 3 is 2.20 bits per heavy atom. The van der Waals surface area contributed by atoms with E-state index in [2.05, 4.69) is 61.5 Å². The quantitative estimate of drug-likeness (QED) is 0.0427. The number of sulfonamides is 1. The number of anilines is 3. The minimum Gasteiger partial charge on any atom is -0.380 e. The van der Waals surface area contributed by atoms with Gasteiger partial charge in [-0.3, -0.25) is 29.5 Å². The number of hydrogen-bond donors (Lipinski definition) is 4. The molecular weight excluding hydrogens is 1130 g/mol. The Balaban J connectivity index is 0.769. The first-order valence-electron chi connectivity index (χ1n) is 27.7. The average molecular weight is 1200 g/mol. The van der Waals surface area contributed by atoms with Crippen LogP contribution in [0.25, 0.3) is 5.57 Å². The lowest BCUT2D eigenvalue weighted by Crippen LogP contribution is -2.68. The lowest BCUT2D eigenvalue weighted by atomic mass is 9.73. The second-order valence-corrected chi connectivity index (χ2v) is 28.0. The van der Waals surface area contributed by atoms with Crippen molar-refractivity contribution in [2.75, 3.05) is 73.6 Å². The maximum atomic E-state index is 14.5. The molecule has 3 unspecified atom stereocenters. The summed E-state index contributed by atoms with van der Waals surface area (Å²) in [4.78, 5) is 45.5. The van der Waals surface area contributed by atoms with Gasteiger partial charge in [-0.15, -0.1) is 11.8 Å². The standard InChI is InChI=1S/C60H68ClF3N8O7S3/c1-59(2)26-24-52(41-10-14-44(61)15-11-41)43(34-59)36-69-28-30-71(31-29-69)47-18-12-42(13-19-47)57(74)68-82(78,79)51-20-21-53(55(33-51)81(76,77)60(62,63)64)66-46(39-80-50-6-4-3-5-7-50)25-27-70-37-48-32-49(38-70)72(48)35-40-8-16-45(17-9-40)65-54-22-23-56(73)67-58(54)75/h3-21,33,46,48-49,54,65-66H,22-32,34-39H2,1-2H3,(H,68,74)(H,67,73,75)/t46-,48?,49?,54?/m1/s1. The Bertz CT molecular complexity index is 3390. The molecule has 4 N–H and O–H groups in total. The van der Waals surface area contributed by atoms with E-state index in [9.17, 15) is 44.4 Å². The Morgan fingerprint density at radius 1 is 0.829 bits per heavy atom. The Kier molecular flexibility index (Phi) is 17.9. The predicted molar refractivity (Wildman–Crippen MR) is 315 cm³/mol. The van der Waals surface area contributed by atoms with Crippen LogP contribution in [0.2, 0.25) is 5.02 Å². The number of benzene rings is 5. The van der Waals surface area contributed by atoms with Gasteiger partial charge in [0.15, 0.2) is 0 Å². The molecule has 3 amide bonds. The minimum atomic E-state index is -6.12. The number of sulfone groups is 1. The number of hydrogen-bond acceptors (Lipinski definition) is 14. The number of thioether (sulfide) groups is 1. The third-order valence-corrected chi connectivity index (χ3v) is 20.7. The molecule has 5 aliphatic heterocycles. The number of fused-ring (bicyclic) bond motifs is 2. The van der Waals surface area contributed by atoms with Crippen LogP contribution in [0.15, 0.2) is 142 Å². The summed E-state index contributed by atoms with van der Waals surface area (Å²) in [6.45, 7) is 11.3. The van der Waals surface area contributed by atoms with Crippen LogP contribution in [0.4, 0.5) is 30.2 Å². The fourth-order valence-corrected chi connectivity index (χ4v) is 15.0. The average Bonchev–Trinajstić information content (AvgIpc) is 3.09. The fourth-order valence-electron chi connectivity index (χ4n) is 11.8. The first-order chi connectivity index (χ1) is 39.1. The number of amides is 3. The van der Waals surface area contributed by atoms with Crippen molar-refractivity contribution < 1.29 is 44.4 Å². The van der Waals surface area contributed by atoms with Gasteiger partial charge in [-0.1, -0.05) is 73.5 Å². The SMILES string of the molecule is CC1(C)CCC(c2ccc(Cl)cc2)=C(CN2CCN(c3ccc(C(=O)NS(=O)(=O)c4ccc(N[C@H](CCN5CC6CC(C5)N6Cc5ccc(NC6CCC(=O)NC6=O)cc5)CSc5ccccc5)c(S(=O)(=O)C(F)(F)F)c4)cc3)CC2)C1. The summed E-state index contributed by atoms with van der Waals surface area (Å²) in [5.74, 6) is -1.31. The zero-order valence-corrected chi connectivity index (χ0v) is 49.0. The van der Waals surface area contributed by atoms with Gasteiger partial charge < -0.3 is 20.4 Å². The second-order valence-electron chi connectivity index (χ2n) is 22.9. The molecule has 5 aromatic rings. The molecule has 15 nitrogen and oxygen atoms in total. The van der Waals surface area contributed by atoms with E-state index in [1.807, 2.05) is 71.5 Å². The fraction of sp³-hybridized carbons (Fsp3) is 0.417. The van der Waals surface area contributed by atoms with Crippen molar-refractivity contribution in [2.45, 2.75) is 110 Å². The number of rotatable bonds is 20. The first kappa shape index (κ1) is 59.2. The molecule has 82 heavy (non-hydrogen) atoms. The van der Waals surface area contributed by atoms with Gasteiger partial charge in [0.25, 0.3) is 25.8 Å². The lowest BCUT2D eigenvalue weighted by Gasteiger charge is -2.56. The highest BCUT2D eigenvalue weighted by Gasteiger charge is 2.49. The molecule has 0 saturated carbocycles. The number of imide groups is 1. The minimum absolute atomic E-state index is 0.0145. The number of nitrogens with zero attached hydrogens (tertiary/aromatic N) is 4. The van der Waals surface area contributed by atoms with E-state index in [0.29, 0.717) is 36.2 Å². The predicted octanol–water partition coefficient (Wildman–Crippen LogP) is 9.68. The molecule has 1 aliphatic carbocycles. The van der Waals surface area contributed by atoms with Gasteiger partial charge in [-0.2, -0.15) is 13.2 Å². The van der Waals surface area contributed by atoms with E-state index in [0.717, 1.165) is 112 Å². The van der Waals surface area contributed by atoms with Gasteiger partial charge in [0.2, 0.25) is 11.8 Å². The van der Waals surface area contributed by atoms with Crippen molar-refractivity contribution in [2.24, 2.45) is 5.41 Å². The van der Waals surface area contributed by atoms with E-state index in [4.69, 9.17) is 11.6 Å². The number of nitrogens with one attached hydrogen (secondary N) is 4. The molecule has 5 heterocycles. The van der Waals surface area contributed by atoms with E-state index in [1.54, 1.807) is 12.1 Å². The largest absolute Gasteiger partial charge is 0.501 e. The third kappa shape index (κ3) is 14.2.